The second-order valence-electron chi connectivity index (χ2n) is 5.47. The average Bonchev–Trinajstić information content (AvgIpc) is 2.24. The summed E-state index contributed by atoms with van der Waals surface area (Å²) >= 11 is 0. The summed E-state index contributed by atoms with van der Waals surface area (Å²) in [4.78, 5) is 2.28. The average molecular weight is 234 g/mol. The monoisotopic (exact) mass is 234 g/mol. The molecule has 17 heavy (non-hydrogen) atoms. The third kappa shape index (κ3) is 3.55. The molecule has 1 aromatic carbocycles. The quantitative estimate of drug-likeness (QED) is 0.849. The highest BCUT2D eigenvalue weighted by atomic mass is 15.1. The van der Waals surface area contributed by atoms with Gasteiger partial charge in [-0.25, -0.2) is 0 Å². The minimum Gasteiger partial charge on any atom is -0.330 e. The Balaban J connectivity index is 3.08. The number of hydrogen-bond donors (Lipinski definition) is 1. The zero-order valence-electron chi connectivity index (χ0n) is 11.8. The molecule has 0 aliphatic heterocycles. The Kier molecular flexibility index (Phi) is 5.16. The number of benzene rings is 1. The fraction of sp³-hybridized carbons (Fsp3) is 0.600. The van der Waals surface area contributed by atoms with Crippen LogP contribution in [0.25, 0.3) is 0 Å². The number of aryl methyl sites for hydroxylation is 1. The number of nitrogens with two attached hydrogens (primary N) is 1. The molecule has 0 bridgehead atoms. The van der Waals surface area contributed by atoms with Gasteiger partial charge in [-0.1, -0.05) is 43.7 Å². The lowest BCUT2D eigenvalue weighted by atomic mass is 9.83. The lowest BCUT2D eigenvalue weighted by Crippen LogP contribution is -2.35. The maximum Gasteiger partial charge on any atom is 0.0384 e. The van der Waals surface area contributed by atoms with Gasteiger partial charge in [-0.15, -0.1) is 0 Å². The van der Waals surface area contributed by atoms with Crippen molar-refractivity contribution in [3.05, 3.63) is 35.4 Å². The van der Waals surface area contributed by atoms with E-state index in [2.05, 4.69) is 64.0 Å². The summed E-state index contributed by atoms with van der Waals surface area (Å²) in [7, 11) is 4.27. The van der Waals surface area contributed by atoms with E-state index in [1.807, 2.05) is 0 Å². The van der Waals surface area contributed by atoms with E-state index in [-0.39, 0.29) is 0 Å². The maximum atomic E-state index is 5.96. The van der Waals surface area contributed by atoms with E-state index in [9.17, 15) is 0 Å². The van der Waals surface area contributed by atoms with Gasteiger partial charge in [-0.05, 0) is 45.0 Å². The van der Waals surface area contributed by atoms with E-state index in [1.165, 1.54) is 11.1 Å². The highest BCUT2D eigenvalue weighted by molar-refractivity contribution is 5.25. The van der Waals surface area contributed by atoms with Crippen LogP contribution < -0.4 is 5.73 Å². The fourth-order valence-electron chi connectivity index (χ4n) is 2.55. The van der Waals surface area contributed by atoms with Gasteiger partial charge in [0.05, 0.1) is 0 Å². The van der Waals surface area contributed by atoms with Gasteiger partial charge in [-0.2, -0.15) is 0 Å². The maximum absolute atomic E-state index is 5.96. The van der Waals surface area contributed by atoms with Crippen LogP contribution in [-0.2, 0) is 0 Å². The molecule has 0 amide bonds. The molecule has 0 saturated heterocycles. The van der Waals surface area contributed by atoms with Gasteiger partial charge in [0, 0.05) is 6.04 Å². The lowest BCUT2D eigenvalue weighted by Gasteiger charge is -2.34. The smallest absolute Gasteiger partial charge is 0.0384 e. The van der Waals surface area contributed by atoms with Gasteiger partial charge in [0.25, 0.3) is 0 Å². The summed E-state index contributed by atoms with van der Waals surface area (Å²) in [5.41, 5.74) is 8.65. The minimum absolute atomic E-state index is 0.403. The van der Waals surface area contributed by atoms with E-state index in [0.717, 1.165) is 6.54 Å². The van der Waals surface area contributed by atoms with Crippen LogP contribution in [0.3, 0.4) is 0 Å². The van der Waals surface area contributed by atoms with E-state index in [1.54, 1.807) is 0 Å². The van der Waals surface area contributed by atoms with E-state index in [4.69, 9.17) is 5.73 Å². The Bertz CT molecular complexity index is 345. The third-order valence-corrected chi connectivity index (χ3v) is 3.47. The Morgan fingerprint density at radius 2 is 1.88 bits per heavy atom. The lowest BCUT2D eigenvalue weighted by molar-refractivity contribution is 0.175. The molecule has 0 spiro atoms. The van der Waals surface area contributed by atoms with Crippen molar-refractivity contribution < 1.29 is 0 Å². The van der Waals surface area contributed by atoms with Crippen molar-refractivity contribution in [3.63, 3.8) is 0 Å². The van der Waals surface area contributed by atoms with Gasteiger partial charge in [0.1, 0.15) is 0 Å². The van der Waals surface area contributed by atoms with Gasteiger partial charge in [0.2, 0.25) is 0 Å². The molecule has 96 valence electrons. The first kappa shape index (κ1) is 14.2. The first-order chi connectivity index (χ1) is 7.97. The molecule has 0 aliphatic rings. The molecule has 2 heteroatoms. The summed E-state index contributed by atoms with van der Waals surface area (Å²) in [5, 5.41) is 0. The van der Waals surface area contributed by atoms with E-state index in [0.29, 0.717) is 17.9 Å². The highest BCUT2D eigenvalue weighted by Crippen LogP contribution is 2.31. The highest BCUT2D eigenvalue weighted by Gasteiger charge is 2.26. The predicted molar refractivity (Wildman–Crippen MR) is 75.0 cm³/mol. The zero-order valence-corrected chi connectivity index (χ0v) is 11.8. The van der Waals surface area contributed by atoms with Gasteiger partial charge >= 0.3 is 0 Å². The molecule has 0 aromatic heterocycles. The van der Waals surface area contributed by atoms with Crippen LogP contribution >= 0.6 is 0 Å². The summed E-state index contributed by atoms with van der Waals surface area (Å²) in [6.07, 6.45) is 0. The summed E-state index contributed by atoms with van der Waals surface area (Å²) in [6, 6.07) is 9.16. The Labute approximate surface area is 106 Å². The van der Waals surface area contributed by atoms with Gasteiger partial charge in [-0.3, -0.25) is 0 Å². The summed E-state index contributed by atoms with van der Waals surface area (Å²) in [6.45, 7) is 7.38. The molecule has 2 unspecified atom stereocenters. The van der Waals surface area contributed by atoms with Crippen molar-refractivity contribution in [1.29, 1.82) is 0 Å². The standard InChI is InChI=1S/C15H26N2/c1-11(2)14(10-16)15(17(4)5)13-8-6-7-12(3)9-13/h6-9,11,14-15H,10,16H2,1-5H3. The van der Waals surface area contributed by atoms with Crippen LogP contribution in [0.5, 0.6) is 0 Å². The molecule has 2 atom stereocenters. The molecule has 0 saturated carbocycles. The molecular formula is C15H26N2. The first-order valence-corrected chi connectivity index (χ1v) is 6.40. The largest absolute Gasteiger partial charge is 0.330 e. The number of rotatable bonds is 5. The van der Waals surface area contributed by atoms with Crippen LogP contribution in [0.15, 0.2) is 24.3 Å². The fourth-order valence-corrected chi connectivity index (χ4v) is 2.55. The number of hydrogen-bond acceptors (Lipinski definition) is 2. The van der Waals surface area contributed by atoms with Crippen molar-refractivity contribution in [3.8, 4) is 0 Å². The van der Waals surface area contributed by atoms with Crippen LogP contribution in [0.1, 0.15) is 31.0 Å². The number of nitrogens with zero attached hydrogens (tertiary/aromatic N) is 1. The molecule has 0 heterocycles. The zero-order chi connectivity index (χ0) is 13.0. The minimum atomic E-state index is 0.403. The van der Waals surface area contributed by atoms with Crippen molar-refractivity contribution in [2.24, 2.45) is 17.6 Å². The predicted octanol–water partition coefficient (Wildman–Crippen LogP) is 2.83. The molecule has 0 fully saturated rings. The van der Waals surface area contributed by atoms with Crippen LogP contribution in [0.2, 0.25) is 0 Å². The van der Waals surface area contributed by atoms with Gasteiger partial charge < -0.3 is 10.6 Å². The molecular weight excluding hydrogens is 208 g/mol. The second-order valence-corrected chi connectivity index (χ2v) is 5.47. The van der Waals surface area contributed by atoms with E-state index < -0.39 is 0 Å². The van der Waals surface area contributed by atoms with Crippen LogP contribution in [-0.4, -0.2) is 25.5 Å². The first-order valence-electron chi connectivity index (χ1n) is 6.40. The topological polar surface area (TPSA) is 29.3 Å². The van der Waals surface area contributed by atoms with Gasteiger partial charge in [0.15, 0.2) is 0 Å². The Morgan fingerprint density at radius 3 is 2.29 bits per heavy atom. The second kappa shape index (κ2) is 6.18. The van der Waals surface area contributed by atoms with Crippen molar-refractivity contribution in [2.45, 2.75) is 26.8 Å². The normalized spacial score (nSPS) is 15.3. The summed E-state index contributed by atoms with van der Waals surface area (Å²) in [5.74, 6) is 1.08. The van der Waals surface area contributed by atoms with Crippen LogP contribution in [0.4, 0.5) is 0 Å². The van der Waals surface area contributed by atoms with Crippen molar-refractivity contribution in [2.75, 3.05) is 20.6 Å². The molecule has 2 N–H and O–H groups in total. The molecule has 0 radical (unpaired) electrons. The molecule has 0 aliphatic carbocycles. The molecule has 2 nitrogen and oxygen atoms in total. The van der Waals surface area contributed by atoms with Crippen molar-refractivity contribution in [1.82, 2.24) is 4.90 Å². The third-order valence-electron chi connectivity index (χ3n) is 3.47. The Hall–Kier alpha value is -0.860. The SMILES string of the molecule is Cc1cccc(C(C(CN)C(C)C)N(C)C)c1. The molecule has 1 rings (SSSR count). The molecule has 1 aromatic rings. The summed E-state index contributed by atoms with van der Waals surface area (Å²) < 4.78 is 0. The van der Waals surface area contributed by atoms with Crippen LogP contribution in [0, 0.1) is 18.8 Å². The van der Waals surface area contributed by atoms with E-state index >= 15 is 0 Å². The Morgan fingerprint density at radius 1 is 1.24 bits per heavy atom. The van der Waals surface area contributed by atoms with Crippen molar-refractivity contribution >= 4 is 0 Å².